The van der Waals surface area contributed by atoms with Crippen molar-refractivity contribution in [2.75, 3.05) is 27.2 Å². The number of rotatable bonds is 6. The Kier molecular flexibility index (Phi) is 6.16. The molecule has 0 aromatic heterocycles. The van der Waals surface area contributed by atoms with Crippen LogP contribution in [0.15, 0.2) is 12.2 Å². The monoisotopic (exact) mass is 262 g/mol. The van der Waals surface area contributed by atoms with Crippen molar-refractivity contribution >= 4 is 5.91 Å². The number of halogens is 1. The van der Waals surface area contributed by atoms with Crippen LogP contribution in [-0.4, -0.2) is 49.9 Å². The van der Waals surface area contributed by atoms with Crippen LogP contribution in [0.5, 0.6) is 0 Å². The summed E-state index contributed by atoms with van der Waals surface area (Å²) in [7, 11) is 4.24. The van der Waals surface area contributed by atoms with Crippen LogP contribution in [-0.2, 0) is 9.53 Å². The SMILES string of the molecule is C=C(C)C(=O)NC(CC)[N+](C)(C)CC1CO1.[Cl-]. The Bertz CT molecular complexity index is 288. The number of carbonyl (C=O) groups excluding carboxylic acids is 1. The van der Waals surface area contributed by atoms with Crippen molar-refractivity contribution in [2.45, 2.75) is 32.5 Å². The smallest absolute Gasteiger partial charge is 0.250 e. The lowest BCUT2D eigenvalue weighted by molar-refractivity contribution is -0.917. The molecule has 1 fully saturated rings. The van der Waals surface area contributed by atoms with E-state index in [1.807, 2.05) is 0 Å². The lowest BCUT2D eigenvalue weighted by Gasteiger charge is -2.37. The molecule has 1 aliphatic heterocycles. The van der Waals surface area contributed by atoms with E-state index < -0.39 is 0 Å². The Morgan fingerprint density at radius 1 is 1.59 bits per heavy atom. The fourth-order valence-corrected chi connectivity index (χ4v) is 1.87. The molecule has 1 heterocycles. The van der Waals surface area contributed by atoms with E-state index >= 15 is 0 Å². The van der Waals surface area contributed by atoms with Crippen LogP contribution in [0.4, 0.5) is 0 Å². The minimum absolute atomic E-state index is 0. The summed E-state index contributed by atoms with van der Waals surface area (Å²) in [5.41, 5.74) is 0.557. The quantitative estimate of drug-likeness (QED) is 0.258. The molecule has 1 amide bonds. The van der Waals surface area contributed by atoms with Gasteiger partial charge in [0.05, 0.1) is 20.7 Å². The van der Waals surface area contributed by atoms with Crippen LogP contribution < -0.4 is 17.7 Å². The molecule has 1 saturated heterocycles. The van der Waals surface area contributed by atoms with Crippen molar-refractivity contribution in [3.05, 3.63) is 12.2 Å². The van der Waals surface area contributed by atoms with Gasteiger partial charge < -0.3 is 26.9 Å². The van der Waals surface area contributed by atoms with Crippen LogP contribution in [0.25, 0.3) is 0 Å². The Morgan fingerprint density at radius 2 is 2.12 bits per heavy atom. The second-order valence-corrected chi connectivity index (χ2v) is 5.09. The molecule has 0 bridgehead atoms. The number of likely N-dealkylation sites (N-methyl/N-ethyl adjacent to an activating group) is 1. The maximum Gasteiger partial charge on any atom is 0.250 e. The zero-order valence-electron chi connectivity index (χ0n) is 11.1. The third-order valence-electron chi connectivity index (χ3n) is 2.99. The lowest BCUT2D eigenvalue weighted by atomic mass is 10.2. The first kappa shape index (κ1) is 16.4. The topological polar surface area (TPSA) is 41.6 Å². The van der Waals surface area contributed by atoms with Gasteiger partial charge in [0.1, 0.15) is 12.6 Å². The molecule has 0 aliphatic carbocycles. The molecule has 2 atom stereocenters. The van der Waals surface area contributed by atoms with Crippen LogP contribution >= 0.6 is 0 Å². The number of quaternary nitrogens is 1. The third-order valence-corrected chi connectivity index (χ3v) is 2.99. The summed E-state index contributed by atoms with van der Waals surface area (Å²) in [5.74, 6) is -0.0604. The van der Waals surface area contributed by atoms with Crippen molar-refractivity contribution in [1.29, 1.82) is 0 Å². The summed E-state index contributed by atoms with van der Waals surface area (Å²) in [4.78, 5) is 11.6. The summed E-state index contributed by atoms with van der Waals surface area (Å²) in [6, 6.07) is 0. The van der Waals surface area contributed by atoms with Gasteiger partial charge in [0.15, 0.2) is 6.17 Å². The van der Waals surface area contributed by atoms with Crippen molar-refractivity contribution in [1.82, 2.24) is 5.32 Å². The highest BCUT2D eigenvalue weighted by atomic mass is 35.5. The molecular formula is C12H23ClN2O2. The first-order valence-corrected chi connectivity index (χ1v) is 5.77. The van der Waals surface area contributed by atoms with Gasteiger partial charge in [-0.2, -0.15) is 0 Å². The first-order valence-electron chi connectivity index (χ1n) is 5.77. The predicted molar refractivity (Wildman–Crippen MR) is 63.8 cm³/mol. The number of hydrogen-bond acceptors (Lipinski definition) is 2. The van der Waals surface area contributed by atoms with E-state index in [0.29, 0.717) is 11.7 Å². The zero-order valence-corrected chi connectivity index (χ0v) is 11.9. The molecule has 4 nitrogen and oxygen atoms in total. The van der Waals surface area contributed by atoms with Gasteiger partial charge in [-0.15, -0.1) is 0 Å². The van der Waals surface area contributed by atoms with Crippen LogP contribution in [0, 0.1) is 0 Å². The molecule has 1 aliphatic rings. The molecule has 5 heteroatoms. The van der Waals surface area contributed by atoms with Crippen LogP contribution in [0.1, 0.15) is 20.3 Å². The minimum Gasteiger partial charge on any atom is -1.00 e. The summed E-state index contributed by atoms with van der Waals surface area (Å²) in [6.07, 6.45) is 1.39. The molecule has 0 radical (unpaired) electrons. The molecule has 2 unspecified atom stereocenters. The fraction of sp³-hybridized carbons (Fsp3) is 0.750. The summed E-state index contributed by atoms with van der Waals surface area (Å²) < 4.78 is 6.00. The normalized spacial score (nSPS) is 20.1. The number of carbonyl (C=O) groups is 1. The van der Waals surface area contributed by atoms with Crippen molar-refractivity contribution in [3.8, 4) is 0 Å². The highest BCUT2D eigenvalue weighted by molar-refractivity contribution is 5.92. The Balaban J connectivity index is 0.00000256. The van der Waals surface area contributed by atoms with Crippen LogP contribution in [0.3, 0.4) is 0 Å². The highest BCUT2D eigenvalue weighted by Crippen LogP contribution is 2.17. The summed E-state index contributed by atoms with van der Waals surface area (Å²) in [6.45, 7) is 9.26. The van der Waals surface area contributed by atoms with Gasteiger partial charge in [0, 0.05) is 12.0 Å². The highest BCUT2D eigenvalue weighted by Gasteiger charge is 2.36. The predicted octanol–water partition coefficient (Wildman–Crippen LogP) is -2.11. The van der Waals surface area contributed by atoms with Crippen molar-refractivity contribution in [2.24, 2.45) is 0 Å². The van der Waals surface area contributed by atoms with E-state index in [1.165, 1.54) is 0 Å². The number of hydrogen-bond donors (Lipinski definition) is 1. The van der Waals surface area contributed by atoms with Gasteiger partial charge in [-0.25, -0.2) is 0 Å². The average molecular weight is 263 g/mol. The molecule has 17 heavy (non-hydrogen) atoms. The van der Waals surface area contributed by atoms with Gasteiger partial charge in [0.2, 0.25) is 0 Å². The number of epoxide rings is 1. The second-order valence-electron chi connectivity index (χ2n) is 5.09. The molecule has 0 spiro atoms. The molecule has 0 saturated carbocycles. The fourth-order valence-electron chi connectivity index (χ4n) is 1.87. The van der Waals surface area contributed by atoms with E-state index in [4.69, 9.17) is 4.74 Å². The molecule has 1 rings (SSSR count). The standard InChI is InChI=1S/C12H22N2O2.ClH/c1-6-11(13-12(15)9(2)3)14(4,5)7-10-8-16-10;/h10-11H,2,6-8H2,1,3-5H3;1H. The number of nitrogens with one attached hydrogen (secondary N) is 1. The van der Waals surface area contributed by atoms with Crippen molar-refractivity contribution in [3.63, 3.8) is 0 Å². The maximum atomic E-state index is 11.6. The van der Waals surface area contributed by atoms with Gasteiger partial charge in [-0.3, -0.25) is 4.79 Å². The van der Waals surface area contributed by atoms with E-state index in [1.54, 1.807) is 6.92 Å². The molecular weight excluding hydrogens is 240 g/mol. The van der Waals surface area contributed by atoms with E-state index in [9.17, 15) is 4.79 Å². The molecule has 1 N–H and O–H groups in total. The Hall–Kier alpha value is -0.580. The van der Waals surface area contributed by atoms with E-state index in [0.717, 1.165) is 24.1 Å². The summed E-state index contributed by atoms with van der Waals surface area (Å²) in [5, 5.41) is 3.02. The minimum atomic E-state index is -0.0604. The van der Waals surface area contributed by atoms with Gasteiger partial charge in [-0.1, -0.05) is 13.5 Å². The number of nitrogens with zero attached hydrogens (tertiary/aromatic N) is 1. The maximum absolute atomic E-state index is 11.6. The number of amides is 1. The Labute approximate surface area is 110 Å². The second kappa shape index (κ2) is 6.38. The molecule has 0 aromatic rings. The summed E-state index contributed by atoms with van der Waals surface area (Å²) >= 11 is 0. The molecule has 100 valence electrons. The Morgan fingerprint density at radius 3 is 2.47 bits per heavy atom. The average Bonchev–Trinajstić information content (AvgIpc) is 2.96. The van der Waals surface area contributed by atoms with Gasteiger partial charge in [0.25, 0.3) is 5.91 Å². The van der Waals surface area contributed by atoms with Crippen molar-refractivity contribution < 1.29 is 26.4 Å². The van der Waals surface area contributed by atoms with Crippen LogP contribution in [0.2, 0.25) is 0 Å². The van der Waals surface area contributed by atoms with Gasteiger partial charge >= 0.3 is 0 Å². The number of ether oxygens (including phenoxy) is 1. The molecule has 0 aromatic carbocycles. The largest absolute Gasteiger partial charge is 1.00 e. The van der Waals surface area contributed by atoms with E-state index in [2.05, 4.69) is 32.9 Å². The zero-order chi connectivity index (χ0) is 12.3. The first-order chi connectivity index (χ1) is 7.36. The third kappa shape index (κ3) is 5.06. The van der Waals surface area contributed by atoms with E-state index in [-0.39, 0.29) is 24.5 Å². The lowest BCUT2D eigenvalue weighted by Crippen LogP contribution is -3.00. The van der Waals surface area contributed by atoms with Gasteiger partial charge in [-0.05, 0) is 6.92 Å².